The summed E-state index contributed by atoms with van der Waals surface area (Å²) in [6.45, 7) is 1.31. The van der Waals surface area contributed by atoms with E-state index in [0.717, 1.165) is 36.2 Å². The molecule has 4 N–H and O–H groups in total. The van der Waals surface area contributed by atoms with Crippen molar-refractivity contribution in [2.24, 2.45) is 17.3 Å². The van der Waals surface area contributed by atoms with Gasteiger partial charge in [-0.05, 0) is 36.7 Å². The number of piperidine rings is 1. The molecular weight excluding hydrogens is 434 g/mol. The second kappa shape index (κ2) is 8.19. The summed E-state index contributed by atoms with van der Waals surface area (Å²) in [7, 11) is 0. The van der Waals surface area contributed by atoms with Crippen molar-refractivity contribution in [3.63, 3.8) is 0 Å². The van der Waals surface area contributed by atoms with Crippen molar-refractivity contribution in [1.82, 2.24) is 25.6 Å². The van der Waals surface area contributed by atoms with E-state index in [9.17, 15) is 23.5 Å². The van der Waals surface area contributed by atoms with Gasteiger partial charge in [-0.3, -0.25) is 9.59 Å². The van der Waals surface area contributed by atoms with Crippen LogP contribution in [0.5, 0.6) is 0 Å². The minimum atomic E-state index is -2.64. The Bertz CT molecular complexity index is 1050. The Labute approximate surface area is 189 Å². The van der Waals surface area contributed by atoms with Crippen LogP contribution in [0.3, 0.4) is 0 Å². The molecule has 0 radical (unpaired) electrons. The van der Waals surface area contributed by atoms with E-state index < -0.39 is 17.9 Å². The average molecular weight is 463 g/mol. The first-order valence-electron chi connectivity index (χ1n) is 11.4. The molecule has 33 heavy (non-hydrogen) atoms. The summed E-state index contributed by atoms with van der Waals surface area (Å²) in [5, 5.41) is 16.3. The van der Waals surface area contributed by atoms with Crippen molar-refractivity contribution in [2.45, 2.75) is 44.1 Å². The van der Waals surface area contributed by atoms with Crippen LogP contribution in [0.1, 0.15) is 32.1 Å². The highest BCUT2D eigenvalue weighted by Gasteiger charge is 2.55. The van der Waals surface area contributed by atoms with Crippen LogP contribution in [-0.4, -0.2) is 70.1 Å². The van der Waals surface area contributed by atoms with E-state index in [4.69, 9.17) is 0 Å². The zero-order valence-electron chi connectivity index (χ0n) is 18.2. The normalized spacial score (nSPS) is 24.3. The molecule has 3 heterocycles. The number of amides is 2. The van der Waals surface area contributed by atoms with Gasteiger partial charge in [-0.25, -0.2) is 18.7 Å². The van der Waals surface area contributed by atoms with E-state index in [0.29, 0.717) is 13.0 Å². The number of alkyl halides is 2. The highest BCUT2D eigenvalue weighted by molar-refractivity contribution is 5.88. The molecule has 3 fully saturated rings. The Morgan fingerprint density at radius 3 is 2.79 bits per heavy atom. The molecule has 1 unspecified atom stereocenters. The second-order valence-electron chi connectivity index (χ2n) is 9.70. The number of fused-ring (bicyclic) bond motifs is 1. The van der Waals surface area contributed by atoms with Gasteiger partial charge in [-0.2, -0.15) is 0 Å². The average Bonchev–Trinajstić information content (AvgIpc) is 3.35. The van der Waals surface area contributed by atoms with Gasteiger partial charge in [0.1, 0.15) is 23.9 Å². The van der Waals surface area contributed by atoms with Crippen LogP contribution in [0.4, 0.5) is 14.6 Å². The van der Waals surface area contributed by atoms with Crippen molar-refractivity contribution >= 4 is 28.7 Å². The van der Waals surface area contributed by atoms with E-state index >= 15 is 0 Å². The van der Waals surface area contributed by atoms with Crippen LogP contribution in [0.2, 0.25) is 0 Å². The lowest BCUT2D eigenvalue weighted by Gasteiger charge is -2.39. The first-order valence-corrected chi connectivity index (χ1v) is 11.4. The lowest BCUT2D eigenvalue weighted by Crippen LogP contribution is -2.51. The maximum Gasteiger partial charge on any atom is 0.250 e. The lowest BCUT2D eigenvalue weighted by atomic mass is 9.81. The fraction of sp³-hybridized carbons (Fsp3) is 0.636. The van der Waals surface area contributed by atoms with Gasteiger partial charge in [0.05, 0.1) is 11.9 Å². The quantitative estimate of drug-likeness (QED) is 0.491. The second-order valence-corrected chi connectivity index (χ2v) is 9.70. The molecule has 1 spiro atoms. The van der Waals surface area contributed by atoms with Gasteiger partial charge in [-0.15, -0.1) is 0 Å². The molecule has 2 saturated carbocycles. The number of nitrogens with one attached hydrogen (secondary N) is 3. The molecule has 11 heteroatoms. The smallest absolute Gasteiger partial charge is 0.250 e. The Morgan fingerprint density at radius 2 is 2.06 bits per heavy atom. The summed E-state index contributed by atoms with van der Waals surface area (Å²) in [6, 6.07) is 1.95. The van der Waals surface area contributed by atoms with Crippen LogP contribution >= 0.6 is 0 Å². The Morgan fingerprint density at radius 1 is 1.27 bits per heavy atom. The van der Waals surface area contributed by atoms with Crippen LogP contribution in [0.25, 0.3) is 11.0 Å². The highest BCUT2D eigenvalue weighted by Crippen LogP contribution is 2.56. The molecule has 2 aromatic rings. The fourth-order valence-electron chi connectivity index (χ4n) is 5.23. The summed E-state index contributed by atoms with van der Waals surface area (Å²) in [4.78, 5) is 38.9. The molecule has 2 amide bonds. The number of aliphatic hydroxyl groups excluding tert-OH is 1. The van der Waals surface area contributed by atoms with Gasteiger partial charge in [0.2, 0.25) is 11.8 Å². The van der Waals surface area contributed by atoms with Crippen LogP contribution < -0.4 is 15.5 Å². The third-order valence-corrected chi connectivity index (χ3v) is 7.29. The number of anilines is 1. The Kier molecular flexibility index (Phi) is 5.46. The van der Waals surface area contributed by atoms with E-state index in [1.807, 2.05) is 12.3 Å². The van der Waals surface area contributed by atoms with Gasteiger partial charge < -0.3 is 25.6 Å². The van der Waals surface area contributed by atoms with E-state index in [1.54, 1.807) is 0 Å². The number of hydrogen-bond donors (Lipinski definition) is 4. The molecule has 5 rings (SSSR count). The monoisotopic (exact) mass is 462 g/mol. The van der Waals surface area contributed by atoms with E-state index in [1.165, 1.54) is 6.33 Å². The van der Waals surface area contributed by atoms with Crippen molar-refractivity contribution in [3.8, 4) is 0 Å². The number of carbonyl (C=O) groups excluding carboxylic acids is 2. The largest absolute Gasteiger partial charge is 0.381 e. The Hall–Kier alpha value is -2.82. The van der Waals surface area contributed by atoms with Gasteiger partial charge in [-0.1, -0.05) is 0 Å². The maximum absolute atomic E-state index is 12.9. The number of halogens is 2. The number of carbonyl (C=O) groups is 2. The van der Waals surface area contributed by atoms with Gasteiger partial charge in [0, 0.05) is 44.6 Å². The van der Waals surface area contributed by atoms with E-state index in [2.05, 4.69) is 30.5 Å². The summed E-state index contributed by atoms with van der Waals surface area (Å²) in [6.07, 6.45) is 4.01. The minimum absolute atomic E-state index is 0.110. The molecule has 2 aromatic heterocycles. The predicted molar refractivity (Wildman–Crippen MR) is 116 cm³/mol. The summed E-state index contributed by atoms with van der Waals surface area (Å²) in [5.74, 6) is -3.05. The maximum atomic E-state index is 12.9. The first-order chi connectivity index (χ1) is 15.8. The molecule has 1 saturated heterocycles. The molecule has 0 bridgehead atoms. The van der Waals surface area contributed by atoms with Gasteiger partial charge >= 0.3 is 0 Å². The number of nitrogens with zero attached hydrogens (tertiary/aromatic N) is 3. The fourth-order valence-corrected chi connectivity index (χ4v) is 5.23. The summed E-state index contributed by atoms with van der Waals surface area (Å²) >= 11 is 0. The third kappa shape index (κ3) is 4.38. The van der Waals surface area contributed by atoms with Crippen LogP contribution in [0, 0.1) is 17.3 Å². The number of aliphatic hydroxyl groups is 1. The molecular formula is C22H28F2N6O3. The Balaban J connectivity index is 1.12. The number of aromatic nitrogens is 3. The van der Waals surface area contributed by atoms with Crippen LogP contribution in [-0.2, 0) is 9.59 Å². The molecule has 178 valence electrons. The molecule has 2 atom stereocenters. The molecule has 0 aromatic carbocycles. The van der Waals surface area contributed by atoms with Gasteiger partial charge in [0.15, 0.2) is 0 Å². The molecule has 1 aliphatic heterocycles. The number of H-pyrrole nitrogens is 1. The zero-order chi connectivity index (χ0) is 23.2. The van der Waals surface area contributed by atoms with Gasteiger partial charge in [0.25, 0.3) is 5.91 Å². The molecule has 3 aliphatic rings. The number of aromatic amines is 1. The molecule has 2 aliphatic carbocycles. The zero-order valence-corrected chi connectivity index (χ0v) is 18.2. The summed E-state index contributed by atoms with van der Waals surface area (Å²) < 4.78 is 25.8. The number of rotatable bonds is 7. The predicted octanol–water partition coefficient (Wildman–Crippen LogP) is 1.20. The van der Waals surface area contributed by atoms with Crippen molar-refractivity contribution in [3.05, 3.63) is 18.6 Å². The van der Waals surface area contributed by atoms with Crippen molar-refractivity contribution < 1.29 is 23.5 Å². The number of hydrogen-bond acceptors (Lipinski definition) is 6. The van der Waals surface area contributed by atoms with Crippen molar-refractivity contribution in [2.75, 3.05) is 31.1 Å². The van der Waals surface area contributed by atoms with E-state index in [-0.39, 0.29) is 49.1 Å². The highest BCUT2D eigenvalue weighted by atomic mass is 19.3. The van der Waals surface area contributed by atoms with Crippen LogP contribution in [0.15, 0.2) is 18.6 Å². The SMILES string of the molecule is O=C(NCC1CC(F)(F)C1)C(O)CNC(=O)[C@H]1CCN(c2ncnc3[nH]ccc23)CC12CC2. The lowest BCUT2D eigenvalue weighted by molar-refractivity contribution is -0.134. The minimum Gasteiger partial charge on any atom is -0.381 e. The molecule has 9 nitrogen and oxygen atoms in total. The first kappa shape index (κ1) is 22.0. The topological polar surface area (TPSA) is 123 Å². The standard InChI is InChI=1S/C22H28F2N6O3/c23-22(24)7-13(8-22)9-26-20(33)16(31)10-27-19(32)15-2-6-30(11-21(15)3-4-21)18-14-1-5-25-17(14)28-12-29-18/h1,5,12-13,15-16,31H,2-4,6-11H2,(H,26,33)(H,27,32)(H,25,28,29)/t15-,16?/m1/s1. The third-order valence-electron chi connectivity index (χ3n) is 7.29. The van der Waals surface area contributed by atoms with Crippen molar-refractivity contribution in [1.29, 1.82) is 0 Å². The summed E-state index contributed by atoms with van der Waals surface area (Å²) in [5.41, 5.74) is 0.654.